The van der Waals surface area contributed by atoms with E-state index in [4.69, 9.17) is 4.42 Å². The molecule has 1 aromatic heterocycles. The van der Waals surface area contributed by atoms with E-state index in [2.05, 4.69) is 0 Å². The molecule has 0 spiro atoms. The van der Waals surface area contributed by atoms with Gasteiger partial charge < -0.3 is 9.52 Å². The molecule has 0 saturated heterocycles. The quantitative estimate of drug-likeness (QED) is 0.381. The van der Waals surface area contributed by atoms with E-state index in [-0.39, 0.29) is 10.7 Å². The molecule has 0 amide bonds. The van der Waals surface area contributed by atoms with Gasteiger partial charge in [0, 0.05) is 24.0 Å². The van der Waals surface area contributed by atoms with E-state index in [0.29, 0.717) is 42.5 Å². The van der Waals surface area contributed by atoms with Gasteiger partial charge in [-0.3, -0.25) is 0 Å². The molecule has 6 nitrogen and oxygen atoms in total. The number of carboxylic acids is 1. The average molecular weight is 464 g/mol. The fourth-order valence-electron chi connectivity index (χ4n) is 3.86. The number of carbonyl (C=O) groups is 1. The minimum atomic E-state index is -3.82. The summed E-state index contributed by atoms with van der Waals surface area (Å²) in [7, 11) is -3.82. The number of sulfonamides is 1. The van der Waals surface area contributed by atoms with Gasteiger partial charge in [-0.25, -0.2) is 13.2 Å². The number of aryl methyl sites for hydroxylation is 1. The molecule has 3 aromatic carbocycles. The number of hydrogen-bond donors (Lipinski definition) is 1. The van der Waals surface area contributed by atoms with Crippen molar-refractivity contribution >= 4 is 27.0 Å². The lowest BCUT2D eigenvalue weighted by molar-refractivity contribution is 0.0664. The van der Waals surface area contributed by atoms with Crippen LogP contribution in [0.2, 0.25) is 0 Å². The van der Waals surface area contributed by atoms with Crippen LogP contribution in [0.3, 0.4) is 0 Å². The molecule has 7 heteroatoms. The zero-order chi connectivity index (χ0) is 23.4. The largest absolute Gasteiger partial charge is 0.475 e. The molecule has 170 valence electrons. The molecule has 1 heterocycles. The van der Waals surface area contributed by atoms with E-state index in [9.17, 15) is 18.3 Å². The van der Waals surface area contributed by atoms with E-state index in [1.165, 1.54) is 22.5 Å². The Kier molecular flexibility index (Phi) is 6.62. The second-order valence-corrected chi connectivity index (χ2v) is 9.83. The third-order valence-electron chi connectivity index (χ3n) is 5.73. The maximum absolute atomic E-state index is 13.6. The first-order valence-corrected chi connectivity index (χ1v) is 12.1. The second-order valence-electron chi connectivity index (χ2n) is 7.89. The molecule has 0 unspecified atom stereocenters. The Morgan fingerprint density at radius 3 is 1.94 bits per heavy atom. The minimum Gasteiger partial charge on any atom is -0.475 e. The van der Waals surface area contributed by atoms with Crippen LogP contribution in [0.15, 0.2) is 88.2 Å². The minimum absolute atomic E-state index is 0.122. The lowest BCUT2D eigenvalue weighted by Crippen LogP contribution is -2.34. The van der Waals surface area contributed by atoms with Crippen molar-refractivity contribution in [3.05, 3.63) is 101 Å². The summed E-state index contributed by atoms with van der Waals surface area (Å²) in [4.78, 5) is 11.5. The number of benzene rings is 3. The monoisotopic (exact) mass is 463 g/mol. The van der Waals surface area contributed by atoms with Crippen LogP contribution in [0.4, 0.5) is 0 Å². The van der Waals surface area contributed by atoms with Gasteiger partial charge in [-0.2, -0.15) is 4.31 Å². The van der Waals surface area contributed by atoms with Crippen molar-refractivity contribution in [1.82, 2.24) is 4.31 Å². The summed E-state index contributed by atoms with van der Waals surface area (Å²) in [5.74, 6) is -1.36. The second kappa shape index (κ2) is 9.60. The lowest BCUT2D eigenvalue weighted by Gasteiger charge is -2.22. The van der Waals surface area contributed by atoms with Crippen LogP contribution in [0.1, 0.15) is 27.2 Å². The van der Waals surface area contributed by atoms with Gasteiger partial charge in [0.15, 0.2) is 0 Å². The summed E-state index contributed by atoms with van der Waals surface area (Å²) >= 11 is 0. The standard InChI is InChI=1S/C26H25NO5S/c1-19-23-18-22(12-13-24(23)32-25(19)26(28)29)33(30,31)27(16-14-20-8-4-2-5-9-20)17-15-21-10-6-3-7-11-21/h2-13,18H,14-17H2,1H3,(H,28,29). The fourth-order valence-corrected chi connectivity index (χ4v) is 5.33. The van der Waals surface area contributed by atoms with Gasteiger partial charge in [0.2, 0.25) is 15.8 Å². The van der Waals surface area contributed by atoms with Gasteiger partial charge in [0.25, 0.3) is 0 Å². The molecule has 0 aliphatic rings. The molecular formula is C26H25NO5S. The first-order chi connectivity index (χ1) is 15.9. The Hall–Kier alpha value is -3.42. The molecule has 4 aromatic rings. The summed E-state index contributed by atoms with van der Waals surface area (Å²) in [6.45, 7) is 2.29. The van der Waals surface area contributed by atoms with Crippen LogP contribution < -0.4 is 0 Å². The van der Waals surface area contributed by atoms with Crippen LogP contribution in [0, 0.1) is 6.92 Å². The number of aromatic carboxylic acids is 1. The molecule has 0 bridgehead atoms. The summed E-state index contributed by atoms with van der Waals surface area (Å²) < 4.78 is 34.2. The highest BCUT2D eigenvalue weighted by atomic mass is 32.2. The Bertz CT molecular complexity index is 1320. The van der Waals surface area contributed by atoms with Gasteiger partial charge in [-0.15, -0.1) is 0 Å². The molecule has 0 fully saturated rings. The fraction of sp³-hybridized carbons (Fsp3) is 0.192. The Balaban J connectivity index is 1.66. The lowest BCUT2D eigenvalue weighted by atomic mass is 10.1. The van der Waals surface area contributed by atoms with Crippen LogP contribution in [0.25, 0.3) is 11.0 Å². The van der Waals surface area contributed by atoms with E-state index in [0.717, 1.165) is 11.1 Å². The number of rotatable bonds is 9. The molecule has 33 heavy (non-hydrogen) atoms. The first-order valence-electron chi connectivity index (χ1n) is 10.7. The molecule has 0 radical (unpaired) electrons. The maximum atomic E-state index is 13.6. The van der Waals surface area contributed by atoms with Crippen LogP contribution in [-0.4, -0.2) is 36.9 Å². The SMILES string of the molecule is Cc1c(C(=O)O)oc2ccc(S(=O)(=O)N(CCc3ccccc3)CCc3ccccc3)cc12. The van der Waals surface area contributed by atoms with Crippen molar-refractivity contribution < 1.29 is 22.7 Å². The summed E-state index contributed by atoms with van der Waals surface area (Å²) in [5.41, 5.74) is 2.88. The van der Waals surface area contributed by atoms with Crippen LogP contribution in [-0.2, 0) is 22.9 Å². The predicted octanol–water partition coefficient (Wildman–Crippen LogP) is 4.92. The van der Waals surface area contributed by atoms with Gasteiger partial charge in [-0.1, -0.05) is 60.7 Å². The summed E-state index contributed by atoms with van der Waals surface area (Å²) in [5, 5.41) is 9.81. The van der Waals surface area contributed by atoms with Crippen molar-refractivity contribution in [1.29, 1.82) is 0 Å². The van der Waals surface area contributed by atoms with Crippen molar-refractivity contribution in [2.45, 2.75) is 24.7 Å². The van der Waals surface area contributed by atoms with Gasteiger partial charge in [0.1, 0.15) is 5.58 Å². The number of fused-ring (bicyclic) bond motifs is 1. The van der Waals surface area contributed by atoms with Gasteiger partial charge in [0.05, 0.1) is 4.90 Å². The topological polar surface area (TPSA) is 87.8 Å². The number of carboxylic acid groups (broad SMARTS) is 1. The van der Waals surface area contributed by atoms with Crippen LogP contribution >= 0.6 is 0 Å². The summed E-state index contributed by atoms with van der Waals surface area (Å²) in [6, 6.07) is 24.1. The normalized spacial score (nSPS) is 11.8. The third-order valence-corrected chi connectivity index (χ3v) is 7.62. The number of nitrogens with zero attached hydrogens (tertiary/aromatic N) is 1. The molecule has 0 saturated carbocycles. The Labute approximate surface area is 193 Å². The highest BCUT2D eigenvalue weighted by molar-refractivity contribution is 7.89. The molecule has 1 N–H and O–H groups in total. The predicted molar refractivity (Wildman–Crippen MR) is 127 cm³/mol. The van der Waals surface area contributed by atoms with Crippen molar-refractivity contribution in [2.24, 2.45) is 0 Å². The van der Waals surface area contributed by atoms with Crippen molar-refractivity contribution in [3.8, 4) is 0 Å². The zero-order valence-corrected chi connectivity index (χ0v) is 19.1. The van der Waals surface area contributed by atoms with E-state index in [1.807, 2.05) is 60.7 Å². The highest BCUT2D eigenvalue weighted by Gasteiger charge is 2.26. The van der Waals surface area contributed by atoms with Gasteiger partial charge in [-0.05, 0) is 49.1 Å². The van der Waals surface area contributed by atoms with E-state index >= 15 is 0 Å². The smallest absolute Gasteiger partial charge is 0.372 e. The van der Waals surface area contributed by atoms with Crippen LogP contribution in [0.5, 0.6) is 0 Å². The Morgan fingerprint density at radius 2 is 1.42 bits per heavy atom. The molecule has 4 rings (SSSR count). The molecule has 0 atom stereocenters. The number of hydrogen-bond acceptors (Lipinski definition) is 4. The van der Waals surface area contributed by atoms with Crippen molar-refractivity contribution in [3.63, 3.8) is 0 Å². The molecular weight excluding hydrogens is 438 g/mol. The highest BCUT2D eigenvalue weighted by Crippen LogP contribution is 2.29. The van der Waals surface area contributed by atoms with E-state index in [1.54, 1.807) is 6.92 Å². The number of furan rings is 1. The maximum Gasteiger partial charge on any atom is 0.372 e. The first kappa shape index (κ1) is 22.8. The Morgan fingerprint density at radius 1 is 0.879 bits per heavy atom. The molecule has 0 aliphatic heterocycles. The summed E-state index contributed by atoms with van der Waals surface area (Å²) in [6.07, 6.45) is 1.18. The zero-order valence-electron chi connectivity index (χ0n) is 18.3. The van der Waals surface area contributed by atoms with Gasteiger partial charge >= 0.3 is 5.97 Å². The third kappa shape index (κ3) is 4.99. The molecule has 0 aliphatic carbocycles. The van der Waals surface area contributed by atoms with Crippen molar-refractivity contribution in [2.75, 3.05) is 13.1 Å². The average Bonchev–Trinajstić information content (AvgIpc) is 3.16. The van der Waals surface area contributed by atoms with E-state index < -0.39 is 16.0 Å².